The molecule has 0 radical (unpaired) electrons. The van der Waals surface area contributed by atoms with Crippen LogP contribution >= 0.6 is 0 Å². The third-order valence-electron chi connectivity index (χ3n) is 3.43. The molecule has 0 bridgehead atoms. The number of amides is 3. The van der Waals surface area contributed by atoms with Gasteiger partial charge in [0.25, 0.3) is 5.91 Å². The molecule has 0 aromatic heterocycles. The molecular weight excluding hydrogens is 363 g/mol. The lowest BCUT2D eigenvalue weighted by Gasteiger charge is -2.15. The zero-order valence-corrected chi connectivity index (χ0v) is 14.4. The molecular formula is C18H18F3N3O3. The first kappa shape index (κ1) is 20.1. The molecule has 0 heterocycles. The number of primary amides is 1. The molecule has 0 atom stereocenters. The van der Waals surface area contributed by atoms with Gasteiger partial charge in [0.05, 0.1) is 17.9 Å². The van der Waals surface area contributed by atoms with Gasteiger partial charge in [-0.05, 0) is 48.9 Å². The number of hydrogen-bond acceptors (Lipinski definition) is 3. The molecule has 0 saturated carbocycles. The second-order valence-corrected chi connectivity index (χ2v) is 5.58. The van der Waals surface area contributed by atoms with Crippen LogP contribution in [0, 0.1) is 0 Å². The molecule has 2 aromatic carbocycles. The zero-order valence-electron chi connectivity index (χ0n) is 14.4. The van der Waals surface area contributed by atoms with Crippen LogP contribution in [0.4, 0.5) is 29.3 Å². The van der Waals surface area contributed by atoms with E-state index in [1.807, 2.05) is 6.92 Å². The Kier molecular flexibility index (Phi) is 6.27. The largest absolute Gasteiger partial charge is 0.491 e. The molecule has 0 aliphatic carbocycles. The Hall–Kier alpha value is -3.23. The SMILES string of the molecule is CCCOc1ccc(C(F)(F)F)cc1NC(=O)c1ccc(NC(N)=O)cc1. The number of hydrogen-bond donors (Lipinski definition) is 3. The van der Waals surface area contributed by atoms with Gasteiger partial charge in [0.15, 0.2) is 0 Å². The van der Waals surface area contributed by atoms with Crippen molar-refractivity contribution in [3.05, 3.63) is 53.6 Å². The van der Waals surface area contributed by atoms with Crippen LogP contribution in [0.25, 0.3) is 0 Å². The van der Waals surface area contributed by atoms with Crippen LogP contribution in [0.1, 0.15) is 29.3 Å². The van der Waals surface area contributed by atoms with E-state index in [1.165, 1.54) is 30.3 Å². The summed E-state index contributed by atoms with van der Waals surface area (Å²) in [6.07, 6.45) is -3.90. The first-order valence-corrected chi connectivity index (χ1v) is 8.02. The van der Waals surface area contributed by atoms with Crippen molar-refractivity contribution in [2.45, 2.75) is 19.5 Å². The second kappa shape index (κ2) is 8.43. The van der Waals surface area contributed by atoms with E-state index >= 15 is 0 Å². The van der Waals surface area contributed by atoms with E-state index in [-0.39, 0.29) is 17.0 Å². The van der Waals surface area contributed by atoms with Crippen molar-refractivity contribution < 1.29 is 27.5 Å². The maximum absolute atomic E-state index is 13.0. The minimum absolute atomic E-state index is 0.0809. The van der Waals surface area contributed by atoms with Crippen molar-refractivity contribution in [2.75, 3.05) is 17.2 Å². The quantitative estimate of drug-likeness (QED) is 0.699. The average Bonchev–Trinajstić information content (AvgIpc) is 2.59. The molecule has 2 rings (SSSR count). The van der Waals surface area contributed by atoms with Gasteiger partial charge in [0.1, 0.15) is 5.75 Å². The summed E-state index contributed by atoms with van der Waals surface area (Å²) in [6.45, 7) is 2.14. The number of carbonyl (C=O) groups excluding carboxylic acids is 2. The second-order valence-electron chi connectivity index (χ2n) is 5.58. The van der Waals surface area contributed by atoms with Crippen molar-refractivity contribution in [1.29, 1.82) is 0 Å². The maximum Gasteiger partial charge on any atom is 0.416 e. The van der Waals surface area contributed by atoms with Crippen molar-refractivity contribution >= 4 is 23.3 Å². The Labute approximate surface area is 153 Å². The number of rotatable bonds is 6. The third-order valence-corrected chi connectivity index (χ3v) is 3.43. The topological polar surface area (TPSA) is 93.4 Å². The van der Waals surface area contributed by atoms with Gasteiger partial charge in [-0.1, -0.05) is 6.92 Å². The van der Waals surface area contributed by atoms with E-state index in [2.05, 4.69) is 10.6 Å². The summed E-state index contributed by atoms with van der Waals surface area (Å²) in [7, 11) is 0. The number of nitrogens with two attached hydrogens (primary N) is 1. The van der Waals surface area contributed by atoms with E-state index in [0.717, 1.165) is 12.1 Å². The predicted octanol–water partition coefficient (Wildman–Crippen LogP) is 4.24. The number of nitrogens with one attached hydrogen (secondary N) is 2. The van der Waals surface area contributed by atoms with Crippen LogP contribution < -0.4 is 21.1 Å². The number of ether oxygens (including phenoxy) is 1. The fourth-order valence-corrected chi connectivity index (χ4v) is 2.18. The third kappa shape index (κ3) is 5.63. The van der Waals surface area contributed by atoms with Crippen molar-refractivity contribution in [2.24, 2.45) is 5.73 Å². The van der Waals surface area contributed by atoms with Crippen LogP contribution in [0.5, 0.6) is 5.75 Å². The van der Waals surface area contributed by atoms with Crippen LogP contribution in [0.15, 0.2) is 42.5 Å². The minimum Gasteiger partial charge on any atom is -0.491 e. The number of alkyl halides is 3. The number of urea groups is 1. The van der Waals surface area contributed by atoms with Crippen LogP contribution in [-0.2, 0) is 6.18 Å². The van der Waals surface area contributed by atoms with Crippen LogP contribution in [0.2, 0.25) is 0 Å². The van der Waals surface area contributed by atoms with Gasteiger partial charge in [-0.15, -0.1) is 0 Å². The van der Waals surface area contributed by atoms with Gasteiger partial charge in [-0.25, -0.2) is 4.79 Å². The van der Waals surface area contributed by atoms with E-state index in [1.54, 1.807) is 0 Å². The van der Waals surface area contributed by atoms with Gasteiger partial charge in [-0.2, -0.15) is 13.2 Å². The van der Waals surface area contributed by atoms with E-state index < -0.39 is 23.7 Å². The highest BCUT2D eigenvalue weighted by atomic mass is 19.4. The highest BCUT2D eigenvalue weighted by molar-refractivity contribution is 6.05. The number of carbonyl (C=O) groups is 2. The first-order chi connectivity index (χ1) is 12.7. The molecule has 27 heavy (non-hydrogen) atoms. The molecule has 0 aliphatic heterocycles. The van der Waals surface area contributed by atoms with E-state index in [4.69, 9.17) is 10.5 Å². The van der Waals surface area contributed by atoms with Gasteiger partial charge in [0, 0.05) is 11.3 Å². The summed E-state index contributed by atoms with van der Waals surface area (Å²) in [5.41, 5.74) is 4.58. The average molecular weight is 381 g/mol. The molecule has 3 amide bonds. The van der Waals surface area contributed by atoms with Crippen molar-refractivity contribution in [1.82, 2.24) is 0 Å². The highest BCUT2D eigenvalue weighted by Crippen LogP contribution is 2.35. The monoisotopic (exact) mass is 381 g/mol. The predicted molar refractivity (Wildman–Crippen MR) is 94.8 cm³/mol. The Morgan fingerprint density at radius 1 is 1.07 bits per heavy atom. The highest BCUT2D eigenvalue weighted by Gasteiger charge is 2.31. The van der Waals surface area contributed by atoms with Crippen molar-refractivity contribution in [3.63, 3.8) is 0 Å². The van der Waals surface area contributed by atoms with Crippen LogP contribution in [-0.4, -0.2) is 18.5 Å². The van der Waals surface area contributed by atoms with E-state index in [0.29, 0.717) is 18.7 Å². The molecule has 0 spiro atoms. The summed E-state index contributed by atoms with van der Waals surface area (Å²) in [6, 6.07) is 7.83. The molecule has 9 heteroatoms. The fourth-order valence-electron chi connectivity index (χ4n) is 2.18. The summed E-state index contributed by atoms with van der Waals surface area (Å²) in [4.78, 5) is 23.2. The van der Waals surface area contributed by atoms with Crippen LogP contribution in [0.3, 0.4) is 0 Å². The lowest BCUT2D eigenvalue weighted by molar-refractivity contribution is -0.137. The maximum atomic E-state index is 13.0. The smallest absolute Gasteiger partial charge is 0.416 e. The molecule has 6 nitrogen and oxygen atoms in total. The Morgan fingerprint density at radius 2 is 1.74 bits per heavy atom. The molecule has 0 aliphatic rings. The minimum atomic E-state index is -4.55. The molecule has 144 valence electrons. The molecule has 0 saturated heterocycles. The lowest BCUT2D eigenvalue weighted by Crippen LogP contribution is -2.19. The lowest BCUT2D eigenvalue weighted by atomic mass is 10.1. The normalized spacial score (nSPS) is 11.0. The number of halogens is 3. The Morgan fingerprint density at radius 3 is 2.30 bits per heavy atom. The van der Waals surface area contributed by atoms with Gasteiger partial charge in [-0.3, -0.25) is 4.79 Å². The fraction of sp³-hybridized carbons (Fsp3) is 0.222. The Bertz CT molecular complexity index is 821. The standard InChI is InChI=1S/C18H18F3N3O3/c1-2-9-27-15-8-5-12(18(19,20)21)10-14(15)24-16(25)11-3-6-13(7-4-11)23-17(22)26/h3-8,10H,2,9H2,1H3,(H,24,25)(H3,22,23,26). The molecule has 0 fully saturated rings. The van der Waals surface area contributed by atoms with Gasteiger partial charge < -0.3 is 21.1 Å². The number of anilines is 2. The summed E-state index contributed by atoms with van der Waals surface area (Å²) in [5, 5.41) is 4.77. The number of benzene rings is 2. The Balaban J connectivity index is 2.25. The van der Waals surface area contributed by atoms with E-state index in [9.17, 15) is 22.8 Å². The van der Waals surface area contributed by atoms with Crippen molar-refractivity contribution in [3.8, 4) is 5.75 Å². The molecule has 2 aromatic rings. The summed E-state index contributed by atoms with van der Waals surface area (Å²) in [5.74, 6) is -0.480. The van der Waals surface area contributed by atoms with Gasteiger partial charge >= 0.3 is 12.2 Å². The van der Waals surface area contributed by atoms with Gasteiger partial charge in [0.2, 0.25) is 0 Å². The summed E-state index contributed by atoms with van der Waals surface area (Å²) < 4.78 is 44.3. The first-order valence-electron chi connectivity index (χ1n) is 8.02. The zero-order chi connectivity index (χ0) is 20.0. The molecule has 0 unspecified atom stereocenters. The molecule has 4 N–H and O–H groups in total. The summed E-state index contributed by atoms with van der Waals surface area (Å²) >= 11 is 0.